The Kier molecular flexibility index (Phi) is 6.13. The minimum atomic E-state index is -0.295. The van der Waals surface area contributed by atoms with Crippen LogP contribution in [0.2, 0.25) is 5.02 Å². The summed E-state index contributed by atoms with van der Waals surface area (Å²) in [5, 5.41) is 12.0. The topological polar surface area (TPSA) is 65.4 Å². The standard InChI is InChI=1S/C14H18ClN3O2/c1-4-20-13-9-11(15)5-6-12(13)17-14(19)18(3)10(2)7-8-16/h5-6,9-10H,4,7H2,1-3H3,(H,17,19)/t10-/m0/s1. The number of carbonyl (C=O) groups is 1. The maximum atomic E-state index is 12.1. The number of rotatable bonds is 5. The van der Waals surface area contributed by atoms with E-state index in [4.69, 9.17) is 21.6 Å². The van der Waals surface area contributed by atoms with E-state index in [0.717, 1.165) is 0 Å². The van der Waals surface area contributed by atoms with Gasteiger partial charge in [-0.3, -0.25) is 0 Å². The number of carbonyl (C=O) groups excluding carboxylic acids is 1. The van der Waals surface area contributed by atoms with Crippen molar-refractivity contribution in [2.75, 3.05) is 19.0 Å². The third-order valence-corrected chi connectivity index (χ3v) is 3.09. The van der Waals surface area contributed by atoms with Crippen LogP contribution in [0, 0.1) is 11.3 Å². The quantitative estimate of drug-likeness (QED) is 0.904. The van der Waals surface area contributed by atoms with Crippen molar-refractivity contribution in [3.8, 4) is 11.8 Å². The Balaban J connectivity index is 2.82. The highest BCUT2D eigenvalue weighted by Crippen LogP contribution is 2.28. The van der Waals surface area contributed by atoms with E-state index in [1.165, 1.54) is 4.90 Å². The lowest BCUT2D eigenvalue weighted by Crippen LogP contribution is -2.38. The van der Waals surface area contributed by atoms with Crippen molar-refractivity contribution in [1.82, 2.24) is 4.90 Å². The molecule has 5 nitrogen and oxygen atoms in total. The van der Waals surface area contributed by atoms with E-state index in [1.54, 1.807) is 25.2 Å². The van der Waals surface area contributed by atoms with Crippen LogP contribution in [0.4, 0.5) is 10.5 Å². The summed E-state index contributed by atoms with van der Waals surface area (Å²) in [6.45, 7) is 4.14. The highest BCUT2D eigenvalue weighted by atomic mass is 35.5. The summed E-state index contributed by atoms with van der Waals surface area (Å²) >= 11 is 5.90. The van der Waals surface area contributed by atoms with Gasteiger partial charge in [0.2, 0.25) is 0 Å². The van der Waals surface area contributed by atoms with Gasteiger partial charge in [0, 0.05) is 24.2 Å². The molecular formula is C14H18ClN3O2. The Morgan fingerprint density at radius 2 is 2.30 bits per heavy atom. The highest BCUT2D eigenvalue weighted by molar-refractivity contribution is 6.30. The Morgan fingerprint density at radius 1 is 1.60 bits per heavy atom. The molecule has 0 aliphatic rings. The fraction of sp³-hybridized carbons (Fsp3) is 0.429. The van der Waals surface area contributed by atoms with Crippen molar-refractivity contribution in [3.05, 3.63) is 23.2 Å². The third-order valence-electron chi connectivity index (χ3n) is 2.85. The van der Waals surface area contributed by atoms with Gasteiger partial charge in [0.15, 0.2) is 0 Å². The maximum absolute atomic E-state index is 12.1. The number of hydrogen-bond donors (Lipinski definition) is 1. The molecule has 2 amide bonds. The van der Waals surface area contributed by atoms with Crippen LogP contribution in [0.1, 0.15) is 20.3 Å². The van der Waals surface area contributed by atoms with Crippen molar-refractivity contribution >= 4 is 23.3 Å². The second-order valence-corrected chi connectivity index (χ2v) is 4.76. The van der Waals surface area contributed by atoms with Crippen LogP contribution in [0.25, 0.3) is 0 Å². The number of amides is 2. The summed E-state index contributed by atoms with van der Waals surface area (Å²) in [4.78, 5) is 13.6. The molecule has 0 heterocycles. The SMILES string of the molecule is CCOc1cc(Cl)ccc1NC(=O)N(C)[C@@H](C)CC#N. The summed E-state index contributed by atoms with van der Waals surface area (Å²) in [6.07, 6.45) is 0.281. The summed E-state index contributed by atoms with van der Waals surface area (Å²) < 4.78 is 5.44. The van der Waals surface area contributed by atoms with Crippen LogP contribution in [0.5, 0.6) is 5.75 Å². The van der Waals surface area contributed by atoms with Crippen LogP contribution in [-0.2, 0) is 0 Å². The van der Waals surface area contributed by atoms with E-state index in [9.17, 15) is 4.79 Å². The second-order valence-electron chi connectivity index (χ2n) is 4.33. The molecule has 0 aromatic heterocycles. The minimum Gasteiger partial charge on any atom is -0.492 e. The van der Waals surface area contributed by atoms with E-state index in [-0.39, 0.29) is 18.5 Å². The molecule has 20 heavy (non-hydrogen) atoms. The molecule has 108 valence electrons. The lowest BCUT2D eigenvalue weighted by molar-refractivity contribution is 0.208. The van der Waals surface area contributed by atoms with Gasteiger partial charge in [0.25, 0.3) is 0 Å². The summed E-state index contributed by atoms with van der Waals surface area (Å²) in [5.41, 5.74) is 0.553. The first-order valence-corrected chi connectivity index (χ1v) is 6.70. The van der Waals surface area contributed by atoms with E-state index < -0.39 is 0 Å². The number of benzene rings is 1. The zero-order chi connectivity index (χ0) is 15.1. The van der Waals surface area contributed by atoms with Crippen LogP contribution >= 0.6 is 11.6 Å². The average molecular weight is 296 g/mol. The molecular weight excluding hydrogens is 278 g/mol. The molecule has 0 saturated carbocycles. The second kappa shape index (κ2) is 7.61. The monoisotopic (exact) mass is 295 g/mol. The summed E-state index contributed by atoms with van der Waals surface area (Å²) in [5.74, 6) is 0.523. The van der Waals surface area contributed by atoms with E-state index >= 15 is 0 Å². The maximum Gasteiger partial charge on any atom is 0.321 e. The lowest BCUT2D eigenvalue weighted by Gasteiger charge is -2.23. The number of hydrogen-bond acceptors (Lipinski definition) is 3. The zero-order valence-electron chi connectivity index (χ0n) is 11.8. The smallest absolute Gasteiger partial charge is 0.321 e. The molecule has 0 bridgehead atoms. The molecule has 0 saturated heterocycles. The van der Waals surface area contributed by atoms with Gasteiger partial charge in [0.05, 0.1) is 24.8 Å². The Labute approximate surface area is 124 Å². The van der Waals surface area contributed by atoms with E-state index in [0.29, 0.717) is 23.1 Å². The van der Waals surface area contributed by atoms with Crippen LogP contribution in [-0.4, -0.2) is 30.6 Å². The molecule has 0 fully saturated rings. The molecule has 0 aliphatic heterocycles. The van der Waals surface area contributed by atoms with Crippen LogP contribution in [0.3, 0.4) is 0 Å². The summed E-state index contributed by atoms with van der Waals surface area (Å²) in [6, 6.07) is 6.60. The number of halogens is 1. The number of nitriles is 1. The van der Waals surface area contributed by atoms with Gasteiger partial charge < -0.3 is 15.0 Å². The van der Waals surface area contributed by atoms with Crippen molar-refractivity contribution in [1.29, 1.82) is 5.26 Å². The van der Waals surface area contributed by atoms with Gasteiger partial charge in [-0.25, -0.2) is 4.79 Å². The van der Waals surface area contributed by atoms with Gasteiger partial charge in [-0.05, 0) is 26.0 Å². The predicted octanol–water partition coefficient (Wildman–Crippen LogP) is 3.50. The number of nitrogens with one attached hydrogen (secondary N) is 1. The summed E-state index contributed by atoms with van der Waals surface area (Å²) in [7, 11) is 1.65. The van der Waals surface area contributed by atoms with Crippen molar-refractivity contribution in [3.63, 3.8) is 0 Å². The molecule has 1 rings (SSSR count). The molecule has 1 N–H and O–H groups in total. The first kappa shape index (κ1) is 16.1. The molecule has 0 aliphatic carbocycles. The Hall–Kier alpha value is -1.93. The first-order valence-electron chi connectivity index (χ1n) is 6.32. The number of nitrogens with zero attached hydrogens (tertiary/aromatic N) is 2. The van der Waals surface area contributed by atoms with Crippen LogP contribution in [0.15, 0.2) is 18.2 Å². The van der Waals surface area contributed by atoms with E-state index in [1.807, 2.05) is 19.9 Å². The molecule has 1 aromatic rings. The van der Waals surface area contributed by atoms with Gasteiger partial charge in [-0.1, -0.05) is 11.6 Å². The van der Waals surface area contributed by atoms with Crippen molar-refractivity contribution < 1.29 is 9.53 Å². The van der Waals surface area contributed by atoms with Crippen molar-refractivity contribution in [2.24, 2.45) is 0 Å². The molecule has 6 heteroatoms. The minimum absolute atomic E-state index is 0.164. The first-order chi connectivity index (χ1) is 9.49. The molecule has 1 atom stereocenters. The van der Waals surface area contributed by atoms with Gasteiger partial charge in [-0.2, -0.15) is 5.26 Å². The predicted molar refractivity (Wildman–Crippen MR) is 79.1 cm³/mol. The van der Waals surface area contributed by atoms with Gasteiger partial charge in [-0.15, -0.1) is 0 Å². The number of ether oxygens (including phenoxy) is 1. The highest BCUT2D eigenvalue weighted by Gasteiger charge is 2.17. The normalized spacial score (nSPS) is 11.3. The Bertz CT molecular complexity index is 514. The lowest BCUT2D eigenvalue weighted by atomic mass is 10.2. The fourth-order valence-corrected chi connectivity index (χ4v) is 1.71. The largest absolute Gasteiger partial charge is 0.492 e. The molecule has 0 unspecified atom stereocenters. The average Bonchev–Trinajstić information content (AvgIpc) is 2.41. The van der Waals surface area contributed by atoms with Crippen molar-refractivity contribution in [2.45, 2.75) is 26.3 Å². The van der Waals surface area contributed by atoms with Gasteiger partial charge in [0.1, 0.15) is 5.75 Å². The Morgan fingerprint density at radius 3 is 2.90 bits per heavy atom. The molecule has 1 aromatic carbocycles. The third kappa shape index (κ3) is 4.32. The fourth-order valence-electron chi connectivity index (χ4n) is 1.55. The van der Waals surface area contributed by atoms with Gasteiger partial charge >= 0.3 is 6.03 Å². The zero-order valence-corrected chi connectivity index (χ0v) is 12.6. The van der Waals surface area contributed by atoms with Crippen LogP contribution < -0.4 is 10.1 Å². The molecule has 0 radical (unpaired) electrons. The number of anilines is 1. The molecule has 0 spiro atoms. The number of urea groups is 1. The van der Waals surface area contributed by atoms with E-state index in [2.05, 4.69) is 5.32 Å².